The fraction of sp³-hybridized carbons (Fsp3) is 0.818. The first-order chi connectivity index (χ1) is 6.70. The van der Waals surface area contributed by atoms with E-state index >= 15 is 0 Å². The number of ketones is 1. The summed E-state index contributed by atoms with van der Waals surface area (Å²) in [5.41, 5.74) is 0. The summed E-state index contributed by atoms with van der Waals surface area (Å²) in [5, 5.41) is 0. The van der Waals surface area contributed by atoms with Crippen molar-refractivity contribution in [3.05, 3.63) is 0 Å². The van der Waals surface area contributed by atoms with Gasteiger partial charge in [-0.15, -0.1) is 0 Å². The Hall–Kier alpha value is -0.860. The minimum atomic E-state index is -0.162. The highest BCUT2D eigenvalue weighted by Gasteiger charge is 2.02. The molecule has 0 aliphatic rings. The van der Waals surface area contributed by atoms with E-state index in [-0.39, 0.29) is 5.97 Å². The van der Waals surface area contributed by atoms with Gasteiger partial charge in [-0.3, -0.25) is 9.59 Å². The molecular formula is C11H20O3. The molecule has 0 fully saturated rings. The molecule has 3 heteroatoms. The molecule has 0 aromatic rings. The van der Waals surface area contributed by atoms with E-state index in [0.717, 1.165) is 25.7 Å². The third-order valence-corrected chi connectivity index (χ3v) is 2.09. The van der Waals surface area contributed by atoms with Crippen LogP contribution in [0.2, 0.25) is 0 Å². The molecule has 14 heavy (non-hydrogen) atoms. The van der Waals surface area contributed by atoms with E-state index in [1.807, 2.05) is 6.92 Å². The summed E-state index contributed by atoms with van der Waals surface area (Å²) in [4.78, 5) is 21.8. The van der Waals surface area contributed by atoms with E-state index in [9.17, 15) is 9.59 Å². The van der Waals surface area contributed by atoms with Gasteiger partial charge in [0.2, 0.25) is 0 Å². The van der Waals surface area contributed by atoms with Gasteiger partial charge in [-0.25, -0.2) is 0 Å². The Morgan fingerprint density at radius 1 is 1.00 bits per heavy atom. The van der Waals surface area contributed by atoms with Crippen molar-refractivity contribution in [2.24, 2.45) is 0 Å². The highest BCUT2D eigenvalue weighted by atomic mass is 16.5. The SMILES string of the molecule is CCCC(=O)CCCCCC(=O)OC. The summed E-state index contributed by atoms with van der Waals surface area (Å²) < 4.78 is 4.51. The zero-order chi connectivity index (χ0) is 10.8. The van der Waals surface area contributed by atoms with Crippen LogP contribution in [0.25, 0.3) is 0 Å². The molecular weight excluding hydrogens is 180 g/mol. The molecule has 0 rings (SSSR count). The van der Waals surface area contributed by atoms with E-state index in [4.69, 9.17) is 0 Å². The third-order valence-electron chi connectivity index (χ3n) is 2.09. The van der Waals surface area contributed by atoms with Crippen LogP contribution in [0.5, 0.6) is 0 Å². The maximum absolute atomic E-state index is 11.1. The van der Waals surface area contributed by atoms with Gasteiger partial charge < -0.3 is 4.74 Å². The molecule has 0 saturated carbocycles. The van der Waals surface area contributed by atoms with Gasteiger partial charge in [-0.2, -0.15) is 0 Å². The van der Waals surface area contributed by atoms with Gasteiger partial charge in [0.15, 0.2) is 0 Å². The molecule has 3 nitrogen and oxygen atoms in total. The summed E-state index contributed by atoms with van der Waals surface area (Å²) in [7, 11) is 1.40. The molecule has 0 N–H and O–H groups in total. The van der Waals surface area contributed by atoms with Gasteiger partial charge in [0.25, 0.3) is 0 Å². The van der Waals surface area contributed by atoms with Crippen molar-refractivity contribution in [2.75, 3.05) is 7.11 Å². The van der Waals surface area contributed by atoms with Crippen molar-refractivity contribution in [1.82, 2.24) is 0 Å². The van der Waals surface area contributed by atoms with Crippen LogP contribution in [0.4, 0.5) is 0 Å². The first-order valence-electron chi connectivity index (χ1n) is 5.29. The lowest BCUT2D eigenvalue weighted by atomic mass is 10.1. The lowest BCUT2D eigenvalue weighted by Crippen LogP contribution is -2.00. The van der Waals surface area contributed by atoms with E-state index in [0.29, 0.717) is 25.0 Å². The van der Waals surface area contributed by atoms with Crippen LogP contribution in [-0.2, 0) is 14.3 Å². The predicted molar refractivity (Wildman–Crippen MR) is 55.0 cm³/mol. The Labute approximate surface area is 85.8 Å². The highest BCUT2D eigenvalue weighted by molar-refractivity contribution is 5.78. The third kappa shape index (κ3) is 7.77. The Kier molecular flexibility index (Phi) is 8.19. The zero-order valence-corrected chi connectivity index (χ0v) is 9.17. The highest BCUT2D eigenvalue weighted by Crippen LogP contribution is 2.06. The van der Waals surface area contributed by atoms with E-state index in [1.165, 1.54) is 7.11 Å². The van der Waals surface area contributed by atoms with Crippen LogP contribution in [0, 0.1) is 0 Å². The average molecular weight is 200 g/mol. The van der Waals surface area contributed by atoms with Gasteiger partial charge in [0.1, 0.15) is 5.78 Å². The lowest BCUT2D eigenvalue weighted by Gasteiger charge is -2.00. The van der Waals surface area contributed by atoms with Gasteiger partial charge in [-0.05, 0) is 19.3 Å². The number of unbranched alkanes of at least 4 members (excludes halogenated alkanes) is 2. The summed E-state index contributed by atoms with van der Waals surface area (Å²) in [6.45, 7) is 2.01. The first kappa shape index (κ1) is 13.1. The topological polar surface area (TPSA) is 43.4 Å². The van der Waals surface area contributed by atoms with Crippen molar-refractivity contribution in [2.45, 2.75) is 51.9 Å². The Morgan fingerprint density at radius 2 is 1.64 bits per heavy atom. The maximum Gasteiger partial charge on any atom is 0.305 e. The number of esters is 1. The number of rotatable bonds is 8. The number of ether oxygens (including phenoxy) is 1. The van der Waals surface area contributed by atoms with Crippen LogP contribution >= 0.6 is 0 Å². The smallest absolute Gasteiger partial charge is 0.305 e. The Morgan fingerprint density at radius 3 is 2.21 bits per heavy atom. The number of Topliss-reactive ketones (excluding diaryl/α,β-unsaturated/α-hetero) is 1. The molecule has 0 heterocycles. The van der Waals surface area contributed by atoms with Crippen LogP contribution in [-0.4, -0.2) is 18.9 Å². The molecule has 0 aromatic heterocycles. The molecule has 0 aromatic carbocycles. The fourth-order valence-electron chi connectivity index (χ4n) is 1.27. The molecule has 0 aliphatic heterocycles. The summed E-state index contributed by atoms with van der Waals surface area (Å²) in [5.74, 6) is 0.176. The second kappa shape index (κ2) is 8.73. The molecule has 0 atom stereocenters. The standard InChI is InChI=1S/C11H20O3/c1-3-7-10(12)8-5-4-6-9-11(13)14-2/h3-9H2,1-2H3. The van der Waals surface area contributed by atoms with Crippen molar-refractivity contribution in [1.29, 1.82) is 0 Å². The van der Waals surface area contributed by atoms with Crippen molar-refractivity contribution >= 4 is 11.8 Å². The van der Waals surface area contributed by atoms with Gasteiger partial charge in [0, 0.05) is 19.3 Å². The van der Waals surface area contributed by atoms with Crippen molar-refractivity contribution in [3.63, 3.8) is 0 Å². The second-order valence-corrected chi connectivity index (χ2v) is 3.43. The van der Waals surface area contributed by atoms with Gasteiger partial charge >= 0.3 is 5.97 Å². The predicted octanol–water partition coefficient (Wildman–Crippen LogP) is 2.48. The summed E-state index contributed by atoms with van der Waals surface area (Å²) in [6, 6.07) is 0. The quantitative estimate of drug-likeness (QED) is 0.446. The fourth-order valence-corrected chi connectivity index (χ4v) is 1.27. The number of hydrogen-bond donors (Lipinski definition) is 0. The maximum atomic E-state index is 11.1. The zero-order valence-electron chi connectivity index (χ0n) is 9.17. The molecule has 0 spiro atoms. The van der Waals surface area contributed by atoms with Gasteiger partial charge in [0.05, 0.1) is 7.11 Å². The van der Waals surface area contributed by atoms with Crippen molar-refractivity contribution < 1.29 is 14.3 Å². The molecule has 0 bridgehead atoms. The van der Waals surface area contributed by atoms with E-state index < -0.39 is 0 Å². The molecule has 0 aliphatic carbocycles. The van der Waals surface area contributed by atoms with Crippen LogP contribution in [0.1, 0.15) is 51.9 Å². The number of carbonyl (C=O) groups excluding carboxylic acids is 2. The van der Waals surface area contributed by atoms with E-state index in [1.54, 1.807) is 0 Å². The summed E-state index contributed by atoms with van der Waals surface area (Å²) >= 11 is 0. The van der Waals surface area contributed by atoms with Crippen molar-refractivity contribution in [3.8, 4) is 0 Å². The Balaban J connectivity index is 3.21. The molecule has 0 unspecified atom stereocenters. The van der Waals surface area contributed by atoms with E-state index in [2.05, 4.69) is 4.74 Å². The molecule has 82 valence electrons. The monoisotopic (exact) mass is 200 g/mol. The average Bonchev–Trinajstić information content (AvgIpc) is 2.17. The second-order valence-electron chi connectivity index (χ2n) is 3.43. The largest absolute Gasteiger partial charge is 0.469 e. The molecule has 0 radical (unpaired) electrons. The van der Waals surface area contributed by atoms with Gasteiger partial charge in [-0.1, -0.05) is 13.3 Å². The van der Waals surface area contributed by atoms with Crippen LogP contribution < -0.4 is 0 Å². The van der Waals surface area contributed by atoms with Crippen LogP contribution in [0.3, 0.4) is 0 Å². The minimum absolute atomic E-state index is 0.162. The Bertz CT molecular complexity index is 175. The minimum Gasteiger partial charge on any atom is -0.469 e. The number of methoxy groups -OCH3 is 1. The summed E-state index contributed by atoms with van der Waals surface area (Å²) in [6.07, 6.45) is 5.41. The molecule has 0 saturated heterocycles. The van der Waals surface area contributed by atoms with Crippen LogP contribution in [0.15, 0.2) is 0 Å². The first-order valence-corrected chi connectivity index (χ1v) is 5.29. The normalized spacial score (nSPS) is 9.86. The number of hydrogen-bond acceptors (Lipinski definition) is 3. The lowest BCUT2D eigenvalue weighted by molar-refractivity contribution is -0.140. The number of carbonyl (C=O) groups is 2. The molecule has 0 amide bonds.